The minimum atomic E-state index is -0.136. The predicted octanol–water partition coefficient (Wildman–Crippen LogP) is 3.06. The number of para-hydroxylation sites is 1. The molecule has 0 aliphatic carbocycles. The number of rotatable bonds is 5. The summed E-state index contributed by atoms with van der Waals surface area (Å²) in [6.45, 7) is 1.55. The van der Waals surface area contributed by atoms with E-state index in [0.29, 0.717) is 36.9 Å². The summed E-state index contributed by atoms with van der Waals surface area (Å²) < 4.78 is 16.6. The molecule has 2 aliphatic heterocycles. The van der Waals surface area contributed by atoms with Gasteiger partial charge in [0.05, 0.1) is 12.6 Å². The highest BCUT2D eigenvalue weighted by atomic mass is 16.6. The Morgan fingerprint density at radius 1 is 0.889 bits per heavy atom. The van der Waals surface area contributed by atoms with Crippen molar-refractivity contribution in [1.29, 1.82) is 0 Å². The van der Waals surface area contributed by atoms with Crippen LogP contribution >= 0.6 is 0 Å². The van der Waals surface area contributed by atoms with E-state index in [0.717, 1.165) is 17.7 Å². The second kappa shape index (κ2) is 7.70. The molecule has 2 aromatic rings. The van der Waals surface area contributed by atoms with Crippen LogP contribution in [0.4, 0.5) is 0 Å². The molecular weight excluding hydrogens is 346 g/mol. The summed E-state index contributed by atoms with van der Waals surface area (Å²) in [6.07, 6.45) is 1.02. The Hall–Kier alpha value is -3.02. The van der Waals surface area contributed by atoms with E-state index in [9.17, 15) is 9.59 Å². The molecule has 2 aromatic carbocycles. The number of hydrogen-bond donors (Lipinski definition) is 1. The van der Waals surface area contributed by atoms with Crippen LogP contribution in [-0.2, 0) is 4.79 Å². The number of Topliss-reactive ketones (excluding diaryl/α,β-unsaturated/α-hetero) is 1. The molecule has 6 nitrogen and oxygen atoms in total. The average molecular weight is 367 g/mol. The van der Waals surface area contributed by atoms with Crippen LogP contribution in [0.3, 0.4) is 0 Å². The molecule has 0 radical (unpaired) electrons. The molecule has 6 heteroatoms. The molecule has 1 N–H and O–H groups in total. The average Bonchev–Trinajstić information content (AvgIpc) is 2.72. The summed E-state index contributed by atoms with van der Waals surface area (Å²) in [7, 11) is 0. The Labute approximate surface area is 157 Å². The van der Waals surface area contributed by atoms with Crippen molar-refractivity contribution < 1.29 is 23.8 Å². The van der Waals surface area contributed by atoms with Crippen LogP contribution in [0.25, 0.3) is 0 Å². The van der Waals surface area contributed by atoms with E-state index in [1.807, 2.05) is 24.3 Å². The maximum atomic E-state index is 12.4. The van der Waals surface area contributed by atoms with Gasteiger partial charge in [-0.15, -0.1) is 0 Å². The van der Waals surface area contributed by atoms with Crippen LogP contribution in [0.15, 0.2) is 42.5 Å². The van der Waals surface area contributed by atoms with Gasteiger partial charge < -0.3 is 19.5 Å². The number of ether oxygens (including phenoxy) is 3. The Balaban J connectivity index is 1.34. The Morgan fingerprint density at radius 3 is 2.56 bits per heavy atom. The third kappa shape index (κ3) is 3.89. The van der Waals surface area contributed by atoms with Crippen molar-refractivity contribution in [2.75, 3.05) is 19.8 Å². The summed E-state index contributed by atoms with van der Waals surface area (Å²) >= 11 is 0. The quantitative estimate of drug-likeness (QED) is 0.822. The summed E-state index contributed by atoms with van der Waals surface area (Å²) in [5.74, 6) is 1.81. The van der Waals surface area contributed by atoms with Crippen LogP contribution < -0.4 is 19.5 Å². The van der Waals surface area contributed by atoms with Crippen molar-refractivity contribution >= 4 is 11.7 Å². The van der Waals surface area contributed by atoms with Gasteiger partial charge in [0.25, 0.3) is 0 Å². The normalized spacial score (nSPS) is 17.4. The molecule has 0 aromatic heterocycles. The van der Waals surface area contributed by atoms with Gasteiger partial charge in [-0.1, -0.05) is 18.2 Å². The number of carbonyl (C=O) groups is 2. The van der Waals surface area contributed by atoms with Crippen molar-refractivity contribution in [1.82, 2.24) is 5.32 Å². The number of ketones is 1. The van der Waals surface area contributed by atoms with Crippen molar-refractivity contribution in [2.24, 2.45) is 0 Å². The number of nitrogens with one attached hydrogen (secondary N) is 1. The van der Waals surface area contributed by atoms with Crippen LogP contribution in [0, 0.1) is 0 Å². The maximum absolute atomic E-state index is 12.4. The standard InChI is InChI=1S/C21H21NO5/c23-17(14-5-7-19-20(13-14)27-12-11-26-19)6-8-21(24)22-16-9-10-25-18-4-2-1-3-15(16)18/h1-5,7,13,16H,6,8-12H2,(H,22,24)/t16-/m1/s1. The first-order valence-corrected chi connectivity index (χ1v) is 9.14. The highest BCUT2D eigenvalue weighted by molar-refractivity contribution is 5.98. The zero-order valence-corrected chi connectivity index (χ0v) is 14.9. The molecule has 0 fully saturated rings. The van der Waals surface area contributed by atoms with Crippen LogP contribution in [0.2, 0.25) is 0 Å². The van der Waals surface area contributed by atoms with Gasteiger partial charge in [0, 0.05) is 30.4 Å². The fourth-order valence-corrected chi connectivity index (χ4v) is 3.35. The van der Waals surface area contributed by atoms with Crippen LogP contribution in [0.1, 0.15) is 41.2 Å². The van der Waals surface area contributed by atoms with Gasteiger partial charge in [0.15, 0.2) is 17.3 Å². The summed E-state index contributed by atoms with van der Waals surface area (Å²) in [5, 5.41) is 3.02. The molecule has 2 aliphatic rings. The molecule has 0 saturated heterocycles. The van der Waals surface area contributed by atoms with E-state index in [1.165, 1.54) is 0 Å². The first-order valence-electron chi connectivity index (χ1n) is 9.14. The van der Waals surface area contributed by atoms with Gasteiger partial charge in [0.1, 0.15) is 19.0 Å². The van der Waals surface area contributed by atoms with Gasteiger partial charge in [0.2, 0.25) is 5.91 Å². The van der Waals surface area contributed by atoms with Crippen molar-refractivity contribution in [3.63, 3.8) is 0 Å². The van der Waals surface area contributed by atoms with Crippen LogP contribution in [0.5, 0.6) is 17.2 Å². The summed E-state index contributed by atoms with van der Waals surface area (Å²) in [5.41, 5.74) is 1.51. The molecule has 1 atom stereocenters. The molecule has 0 unspecified atom stereocenters. The summed E-state index contributed by atoms with van der Waals surface area (Å²) in [6, 6.07) is 12.8. The van der Waals surface area contributed by atoms with Crippen molar-refractivity contribution in [3.8, 4) is 17.2 Å². The number of amides is 1. The molecule has 0 bridgehead atoms. The van der Waals surface area contributed by atoms with Gasteiger partial charge in [-0.3, -0.25) is 9.59 Å². The molecule has 4 rings (SSSR count). The first kappa shape index (κ1) is 17.4. The molecule has 1 amide bonds. The van der Waals surface area contributed by atoms with Gasteiger partial charge in [-0.2, -0.15) is 0 Å². The monoisotopic (exact) mass is 367 g/mol. The fraction of sp³-hybridized carbons (Fsp3) is 0.333. The number of benzene rings is 2. The van der Waals surface area contributed by atoms with E-state index < -0.39 is 0 Å². The number of carbonyl (C=O) groups excluding carboxylic acids is 2. The lowest BCUT2D eigenvalue weighted by Crippen LogP contribution is -2.32. The predicted molar refractivity (Wildman–Crippen MR) is 98.4 cm³/mol. The molecule has 27 heavy (non-hydrogen) atoms. The second-order valence-corrected chi connectivity index (χ2v) is 6.58. The fourth-order valence-electron chi connectivity index (χ4n) is 3.35. The van der Waals surface area contributed by atoms with Gasteiger partial charge in [-0.05, 0) is 24.3 Å². The van der Waals surface area contributed by atoms with Gasteiger partial charge >= 0.3 is 0 Å². The van der Waals surface area contributed by atoms with E-state index in [-0.39, 0.29) is 30.6 Å². The smallest absolute Gasteiger partial charge is 0.220 e. The van der Waals surface area contributed by atoms with Gasteiger partial charge in [-0.25, -0.2) is 0 Å². The lowest BCUT2D eigenvalue weighted by atomic mass is 10.00. The Morgan fingerprint density at radius 2 is 1.67 bits per heavy atom. The number of hydrogen-bond acceptors (Lipinski definition) is 5. The summed E-state index contributed by atoms with van der Waals surface area (Å²) in [4.78, 5) is 24.8. The highest BCUT2D eigenvalue weighted by Gasteiger charge is 2.23. The van der Waals surface area contributed by atoms with E-state index >= 15 is 0 Å². The zero-order valence-electron chi connectivity index (χ0n) is 14.9. The Bertz CT molecular complexity index is 863. The third-order valence-corrected chi connectivity index (χ3v) is 4.74. The third-order valence-electron chi connectivity index (χ3n) is 4.74. The molecule has 140 valence electrons. The molecule has 2 heterocycles. The lowest BCUT2D eigenvalue weighted by molar-refractivity contribution is -0.122. The van der Waals surface area contributed by atoms with E-state index in [2.05, 4.69) is 5.32 Å². The first-order chi connectivity index (χ1) is 13.2. The second-order valence-electron chi connectivity index (χ2n) is 6.58. The van der Waals surface area contributed by atoms with Crippen molar-refractivity contribution in [2.45, 2.75) is 25.3 Å². The SMILES string of the molecule is O=C(CCC(=O)c1ccc2c(c1)OCCO2)N[C@@H]1CCOc2ccccc21. The minimum absolute atomic E-state index is 0.0770. The van der Waals surface area contributed by atoms with E-state index in [4.69, 9.17) is 14.2 Å². The Kier molecular flexibility index (Phi) is 4.96. The van der Waals surface area contributed by atoms with Crippen LogP contribution in [-0.4, -0.2) is 31.5 Å². The molecule has 0 spiro atoms. The maximum Gasteiger partial charge on any atom is 0.220 e. The lowest BCUT2D eigenvalue weighted by Gasteiger charge is -2.26. The molecule has 0 saturated carbocycles. The highest BCUT2D eigenvalue weighted by Crippen LogP contribution is 2.32. The molecular formula is C21H21NO5. The van der Waals surface area contributed by atoms with Crippen molar-refractivity contribution in [3.05, 3.63) is 53.6 Å². The minimum Gasteiger partial charge on any atom is -0.493 e. The zero-order chi connectivity index (χ0) is 18.6. The topological polar surface area (TPSA) is 73.9 Å². The number of fused-ring (bicyclic) bond motifs is 2. The largest absolute Gasteiger partial charge is 0.493 e. The van der Waals surface area contributed by atoms with E-state index in [1.54, 1.807) is 18.2 Å².